The molecule has 0 unspecified atom stereocenters. The summed E-state index contributed by atoms with van der Waals surface area (Å²) in [4.78, 5) is 32.3. The predicted molar refractivity (Wildman–Crippen MR) is 95.9 cm³/mol. The molecule has 0 atom stereocenters. The number of rotatable bonds is 5. The Hall–Kier alpha value is -2.66. The molecule has 136 valence electrons. The van der Waals surface area contributed by atoms with Gasteiger partial charge in [-0.2, -0.15) is 8.78 Å². The van der Waals surface area contributed by atoms with Crippen LogP contribution in [0, 0.1) is 6.92 Å². The topological polar surface area (TPSA) is 88.9 Å². The van der Waals surface area contributed by atoms with Crippen LogP contribution in [-0.2, 0) is 4.79 Å². The third-order valence-corrected chi connectivity index (χ3v) is 5.30. The summed E-state index contributed by atoms with van der Waals surface area (Å²) in [6.45, 7) is 0.319. The number of hydrogen-bond donors (Lipinski definition) is 2. The van der Waals surface area contributed by atoms with E-state index >= 15 is 0 Å². The number of anilines is 2. The number of nitrogens with zero attached hydrogens (tertiary/aromatic N) is 3. The van der Waals surface area contributed by atoms with Crippen molar-refractivity contribution in [3.63, 3.8) is 0 Å². The number of thiazole rings is 1. The zero-order valence-electron chi connectivity index (χ0n) is 13.6. The van der Waals surface area contributed by atoms with Gasteiger partial charge in [-0.3, -0.25) is 19.5 Å². The molecule has 0 fully saturated rings. The minimum atomic E-state index is -2.72. The monoisotopic (exact) mass is 397 g/mol. The van der Waals surface area contributed by atoms with E-state index in [1.807, 2.05) is 0 Å². The third kappa shape index (κ3) is 3.78. The van der Waals surface area contributed by atoms with Gasteiger partial charge in [0, 0.05) is 19.3 Å². The molecule has 0 spiro atoms. The van der Waals surface area contributed by atoms with Crippen molar-refractivity contribution in [2.24, 2.45) is 0 Å². The van der Waals surface area contributed by atoms with Crippen molar-refractivity contribution in [3.05, 3.63) is 35.1 Å². The summed E-state index contributed by atoms with van der Waals surface area (Å²) in [5.41, 5.74) is 0.489. The zero-order chi connectivity index (χ0) is 18.8. The molecule has 3 aromatic heterocycles. The molecule has 0 aliphatic heterocycles. The molecule has 3 heterocycles. The van der Waals surface area contributed by atoms with Crippen molar-refractivity contribution in [2.45, 2.75) is 20.4 Å². The summed E-state index contributed by atoms with van der Waals surface area (Å²) in [5.74, 6) is -0.530. The molecule has 0 aliphatic carbocycles. The highest BCUT2D eigenvalue weighted by Crippen LogP contribution is 2.34. The van der Waals surface area contributed by atoms with Crippen LogP contribution < -0.4 is 10.6 Å². The Labute approximate surface area is 154 Å². The van der Waals surface area contributed by atoms with E-state index in [0.717, 1.165) is 27.2 Å². The van der Waals surface area contributed by atoms with Gasteiger partial charge >= 0.3 is 6.55 Å². The number of nitrogens with one attached hydrogen (secondary N) is 2. The highest BCUT2D eigenvalue weighted by atomic mass is 32.1. The second-order valence-corrected chi connectivity index (χ2v) is 7.25. The third-order valence-electron chi connectivity index (χ3n) is 3.23. The summed E-state index contributed by atoms with van der Waals surface area (Å²) in [7, 11) is 0. The molecule has 0 bridgehead atoms. The smallest absolute Gasteiger partial charge is 0.318 e. The fourth-order valence-electron chi connectivity index (χ4n) is 2.16. The van der Waals surface area contributed by atoms with Crippen LogP contribution in [0.15, 0.2) is 24.5 Å². The molecule has 11 heteroatoms. The van der Waals surface area contributed by atoms with Crippen LogP contribution in [-0.4, -0.2) is 26.3 Å². The standard InChI is InChI=1S/C15H13F2N5O2S2/c1-7-11(12-18-5-6-22(12)14(16)17)26-15(19-7)21-13(24)9-3-4-10(25-9)20-8(2)23/h3-6,14H,1-2H3,(H,20,23)(H,19,21,24). The van der Waals surface area contributed by atoms with Crippen LogP contribution in [0.3, 0.4) is 0 Å². The maximum absolute atomic E-state index is 13.0. The molecular weight excluding hydrogens is 384 g/mol. The Morgan fingerprint density at radius 1 is 1.23 bits per heavy atom. The maximum atomic E-state index is 13.0. The Morgan fingerprint density at radius 2 is 2.00 bits per heavy atom. The molecule has 2 N–H and O–H groups in total. The van der Waals surface area contributed by atoms with E-state index in [9.17, 15) is 18.4 Å². The highest BCUT2D eigenvalue weighted by Gasteiger charge is 2.20. The Balaban J connectivity index is 1.79. The summed E-state index contributed by atoms with van der Waals surface area (Å²) >= 11 is 2.19. The molecule has 0 radical (unpaired) electrons. The zero-order valence-corrected chi connectivity index (χ0v) is 15.3. The van der Waals surface area contributed by atoms with E-state index in [4.69, 9.17) is 0 Å². The van der Waals surface area contributed by atoms with Crippen molar-refractivity contribution < 1.29 is 18.4 Å². The quantitative estimate of drug-likeness (QED) is 0.681. The lowest BCUT2D eigenvalue weighted by Gasteiger charge is -2.04. The van der Waals surface area contributed by atoms with Gasteiger partial charge in [0.1, 0.15) is 0 Å². The van der Waals surface area contributed by atoms with E-state index in [-0.39, 0.29) is 16.9 Å². The lowest BCUT2D eigenvalue weighted by atomic mass is 10.4. The predicted octanol–water partition coefficient (Wildman–Crippen LogP) is 3.98. The number of aromatic nitrogens is 3. The Morgan fingerprint density at radius 3 is 2.69 bits per heavy atom. The normalized spacial score (nSPS) is 11.0. The minimum Gasteiger partial charge on any atom is -0.318 e. The first-order valence-electron chi connectivity index (χ1n) is 7.32. The SMILES string of the molecule is CC(=O)Nc1ccc(C(=O)Nc2nc(C)c(-c3nccn3C(F)F)s2)s1. The summed E-state index contributed by atoms with van der Waals surface area (Å²) < 4.78 is 26.8. The molecule has 26 heavy (non-hydrogen) atoms. The summed E-state index contributed by atoms with van der Waals surface area (Å²) in [6.07, 6.45) is 2.47. The number of hydrogen-bond acceptors (Lipinski definition) is 6. The molecule has 3 aromatic rings. The van der Waals surface area contributed by atoms with Gasteiger partial charge in [-0.15, -0.1) is 11.3 Å². The fraction of sp³-hybridized carbons (Fsp3) is 0.200. The molecular formula is C15H13F2N5O2S2. The Kier molecular flexibility index (Phi) is 5.09. The van der Waals surface area contributed by atoms with Crippen LogP contribution in [0.5, 0.6) is 0 Å². The van der Waals surface area contributed by atoms with E-state index in [1.54, 1.807) is 19.1 Å². The first kappa shape index (κ1) is 18.1. The van der Waals surface area contributed by atoms with Crippen LogP contribution in [0.4, 0.5) is 18.9 Å². The fourth-order valence-corrected chi connectivity index (χ4v) is 3.97. The largest absolute Gasteiger partial charge is 0.320 e. The molecule has 0 saturated carbocycles. The second-order valence-electron chi connectivity index (χ2n) is 5.17. The van der Waals surface area contributed by atoms with Gasteiger partial charge in [-0.25, -0.2) is 9.97 Å². The van der Waals surface area contributed by atoms with Crippen LogP contribution >= 0.6 is 22.7 Å². The lowest BCUT2D eigenvalue weighted by Crippen LogP contribution is -2.09. The van der Waals surface area contributed by atoms with Crippen LogP contribution in [0.2, 0.25) is 0 Å². The molecule has 7 nitrogen and oxygen atoms in total. The molecule has 0 saturated heterocycles. The van der Waals surface area contributed by atoms with Gasteiger partial charge < -0.3 is 5.32 Å². The highest BCUT2D eigenvalue weighted by molar-refractivity contribution is 7.20. The van der Waals surface area contributed by atoms with Crippen molar-refractivity contribution in [3.8, 4) is 10.7 Å². The van der Waals surface area contributed by atoms with Gasteiger partial charge in [0.25, 0.3) is 5.91 Å². The maximum Gasteiger partial charge on any atom is 0.320 e. The van der Waals surface area contributed by atoms with Crippen LogP contribution in [0.1, 0.15) is 28.8 Å². The second kappa shape index (κ2) is 7.30. The lowest BCUT2D eigenvalue weighted by molar-refractivity contribution is -0.114. The van der Waals surface area contributed by atoms with E-state index < -0.39 is 12.5 Å². The van der Waals surface area contributed by atoms with Gasteiger partial charge in [0.15, 0.2) is 11.0 Å². The van der Waals surface area contributed by atoms with E-state index in [2.05, 4.69) is 20.6 Å². The van der Waals surface area contributed by atoms with Gasteiger partial charge in [-0.05, 0) is 19.1 Å². The summed E-state index contributed by atoms with van der Waals surface area (Å²) in [6, 6.07) is 3.20. The number of thiophene rings is 1. The number of carbonyl (C=O) groups is 2. The number of imidazole rings is 1. The minimum absolute atomic E-state index is 0.0968. The van der Waals surface area contributed by atoms with E-state index in [0.29, 0.717) is 20.4 Å². The molecule has 2 amide bonds. The van der Waals surface area contributed by atoms with Gasteiger partial charge in [0.2, 0.25) is 5.91 Å². The number of carbonyl (C=O) groups excluding carboxylic acids is 2. The van der Waals surface area contributed by atoms with Crippen molar-refractivity contribution in [2.75, 3.05) is 10.6 Å². The summed E-state index contributed by atoms with van der Waals surface area (Å²) in [5, 5.41) is 6.07. The van der Waals surface area contributed by atoms with E-state index in [1.165, 1.54) is 19.3 Å². The number of amides is 2. The van der Waals surface area contributed by atoms with Gasteiger partial charge in [-0.1, -0.05) is 11.3 Å². The molecule has 3 rings (SSSR count). The average molecular weight is 397 g/mol. The van der Waals surface area contributed by atoms with Crippen molar-refractivity contribution in [1.29, 1.82) is 0 Å². The number of aryl methyl sites for hydroxylation is 1. The number of alkyl halides is 2. The first-order valence-corrected chi connectivity index (χ1v) is 8.96. The van der Waals surface area contributed by atoms with Crippen molar-refractivity contribution >= 4 is 44.6 Å². The average Bonchev–Trinajstić information content (AvgIpc) is 3.25. The van der Waals surface area contributed by atoms with Gasteiger partial charge in [0.05, 0.1) is 20.4 Å². The molecule has 0 aliphatic rings. The van der Waals surface area contributed by atoms with Crippen LogP contribution in [0.25, 0.3) is 10.7 Å². The first-order chi connectivity index (χ1) is 12.3. The number of halogens is 2. The Bertz CT molecular complexity index is 963. The molecule has 0 aromatic carbocycles. The van der Waals surface area contributed by atoms with Crippen molar-refractivity contribution in [1.82, 2.24) is 14.5 Å².